The summed E-state index contributed by atoms with van der Waals surface area (Å²) in [5.74, 6) is 1.94. The Morgan fingerprint density at radius 3 is 3.04 bits per heavy atom. The number of guanidine groups is 1. The van der Waals surface area contributed by atoms with E-state index in [2.05, 4.69) is 34.1 Å². The van der Waals surface area contributed by atoms with Crippen LogP contribution in [0.15, 0.2) is 27.8 Å². The van der Waals surface area contributed by atoms with Gasteiger partial charge in [-0.25, -0.2) is 0 Å². The normalized spacial score (nSPS) is 18.2. The molecule has 0 amide bonds. The molecule has 1 fully saturated rings. The van der Waals surface area contributed by atoms with Gasteiger partial charge in [0.05, 0.1) is 19.4 Å². The molecule has 2 rings (SSSR count). The largest absolute Gasteiger partial charge is 0.469 e. The number of rotatable bonds is 9. The third-order valence-electron chi connectivity index (χ3n) is 4.54. The van der Waals surface area contributed by atoms with Gasteiger partial charge in [-0.1, -0.05) is 6.92 Å². The number of methoxy groups -OCH3 is 1. The van der Waals surface area contributed by atoms with Crippen molar-refractivity contribution in [2.24, 2.45) is 4.99 Å². The van der Waals surface area contributed by atoms with Gasteiger partial charge in [-0.05, 0) is 38.1 Å². The molecule has 1 N–H and O–H groups in total. The Bertz CT molecular complexity index is 481. The predicted octanol–water partition coefficient (Wildman–Crippen LogP) is 2.45. The van der Waals surface area contributed by atoms with Crippen molar-refractivity contribution in [2.45, 2.75) is 32.2 Å². The summed E-state index contributed by atoms with van der Waals surface area (Å²) in [6.07, 6.45) is 5.15. The molecular weight excluding hydrogens is 431 g/mol. The molecule has 144 valence electrons. The monoisotopic (exact) mass is 464 g/mol. The van der Waals surface area contributed by atoms with Crippen LogP contribution in [0.1, 0.15) is 25.5 Å². The van der Waals surface area contributed by atoms with Gasteiger partial charge in [0.25, 0.3) is 0 Å². The Balaban J connectivity index is 0.00000312. The molecule has 1 aromatic rings. The highest BCUT2D eigenvalue weighted by atomic mass is 127. The van der Waals surface area contributed by atoms with Gasteiger partial charge in [-0.2, -0.15) is 0 Å². The van der Waals surface area contributed by atoms with Crippen LogP contribution >= 0.6 is 24.0 Å². The van der Waals surface area contributed by atoms with Crippen molar-refractivity contribution in [3.05, 3.63) is 24.2 Å². The molecule has 1 unspecified atom stereocenters. The Morgan fingerprint density at radius 2 is 2.36 bits per heavy atom. The van der Waals surface area contributed by atoms with Crippen molar-refractivity contribution in [3.63, 3.8) is 0 Å². The first kappa shape index (κ1) is 22.2. The SMILES string of the molecule is CCN1CCCC1CN(C)C(=NCCOC)NCCc1ccco1.I. The van der Waals surface area contributed by atoms with Crippen molar-refractivity contribution >= 4 is 29.9 Å². The predicted molar refractivity (Wildman–Crippen MR) is 113 cm³/mol. The Kier molecular flexibility index (Phi) is 11.2. The van der Waals surface area contributed by atoms with E-state index in [-0.39, 0.29) is 24.0 Å². The number of likely N-dealkylation sites (N-methyl/N-ethyl adjacent to an activating group) is 2. The first-order valence-electron chi connectivity index (χ1n) is 8.99. The minimum absolute atomic E-state index is 0. The number of hydrogen-bond donors (Lipinski definition) is 1. The van der Waals surface area contributed by atoms with E-state index in [9.17, 15) is 0 Å². The molecule has 1 atom stereocenters. The van der Waals surface area contributed by atoms with Crippen molar-refractivity contribution in [1.29, 1.82) is 0 Å². The van der Waals surface area contributed by atoms with Crippen molar-refractivity contribution in [2.75, 3.05) is 53.5 Å². The van der Waals surface area contributed by atoms with Gasteiger partial charge in [-0.15, -0.1) is 24.0 Å². The number of aliphatic imine (C=N–C) groups is 1. The molecule has 0 aromatic carbocycles. The van der Waals surface area contributed by atoms with Crippen molar-refractivity contribution < 1.29 is 9.15 Å². The van der Waals surface area contributed by atoms with Gasteiger partial charge >= 0.3 is 0 Å². The minimum Gasteiger partial charge on any atom is -0.469 e. The van der Waals surface area contributed by atoms with Crippen molar-refractivity contribution in [3.8, 4) is 0 Å². The molecule has 0 aliphatic carbocycles. The van der Waals surface area contributed by atoms with Gasteiger partial charge in [0.1, 0.15) is 5.76 Å². The zero-order valence-corrected chi connectivity index (χ0v) is 18.1. The average molecular weight is 464 g/mol. The Hall–Kier alpha value is -0.800. The summed E-state index contributed by atoms with van der Waals surface area (Å²) in [6, 6.07) is 4.55. The molecule has 2 heterocycles. The second-order valence-electron chi connectivity index (χ2n) is 6.26. The van der Waals surface area contributed by atoms with E-state index in [1.54, 1.807) is 13.4 Å². The first-order chi connectivity index (χ1) is 11.7. The molecule has 0 saturated carbocycles. The summed E-state index contributed by atoms with van der Waals surface area (Å²) >= 11 is 0. The van der Waals surface area contributed by atoms with Crippen LogP contribution in [0, 0.1) is 0 Å². The second-order valence-corrected chi connectivity index (χ2v) is 6.26. The molecule has 1 aliphatic rings. The fourth-order valence-corrected chi connectivity index (χ4v) is 3.23. The lowest BCUT2D eigenvalue weighted by Crippen LogP contribution is -2.46. The summed E-state index contributed by atoms with van der Waals surface area (Å²) in [4.78, 5) is 9.49. The lowest BCUT2D eigenvalue weighted by atomic mass is 10.2. The van der Waals surface area contributed by atoms with Gasteiger partial charge in [0.15, 0.2) is 5.96 Å². The summed E-state index contributed by atoms with van der Waals surface area (Å²) < 4.78 is 10.5. The second kappa shape index (κ2) is 12.5. The van der Waals surface area contributed by atoms with E-state index in [4.69, 9.17) is 9.15 Å². The number of nitrogens with one attached hydrogen (secondary N) is 1. The van der Waals surface area contributed by atoms with E-state index in [0.29, 0.717) is 19.2 Å². The van der Waals surface area contributed by atoms with E-state index in [1.807, 2.05) is 12.1 Å². The van der Waals surface area contributed by atoms with Gasteiger partial charge in [0, 0.05) is 39.7 Å². The summed E-state index contributed by atoms with van der Waals surface area (Å²) in [5, 5.41) is 3.47. The Morgan fingerprint density at radius 1 is 1.52 bits per heavy atom. The zero-order chi connectivity index (χ0) is 17.2. The fourth-order valence-electron chi connectivity index (χ4n) is 3.23. The standard InChI is InChI=1S/C18H32N4O2.HI/c1-4-22-12-5-7-16(22)15-21(2)18(20-11-14-23-3)19-10-9-17-8-6-13-24-17;/h6,8,13,16H,4-5,7,9-12,14-15H2,1-3H3,(H,19,20);1H. The topological polar surface area (TPSA) is 53.2 Å². The van der Waals surface area contributed by atoms with E-state index in [1.165, 1.54) is 19.4 Å². The maximum absolute atomic E-state index is 5.39. The summed E-state index contributed by atoms with van der Waals surface area (Å²) in [6.45, 7) is 7.72. The minimum atomic E-state index is 0. The number of nitrogens with zero attached hydrogens (tertiary/aromatic N) is 3. The maximum Gasteiger partial charge on any atom is 0.193 e. The number of likely N-dealkylation sites (tertiary alicyclic amines) is 1. The summed E-state index contributed by atoms with van der Waals surface area (Å²) in [5.41, 5.74) is 0. The number of ether oxygens (including phenoxy) is 1. The van der Waals surface area contributed by atoms with Gasteiger partial charge in [0.2, 0.25) is 0 Å². The Labute approximate surface area is 169 Å². The lowest BCUT2D eigenvalue weighted by molar-refractivity contribution is 0.206. The van der Waals surface area contributed by atoms with Crippen LogP contribution in [-0.4, -0.2) is 75.3 Å². The molecule has 7 heteroatoms. The first-order valence-corrected chi connectivity index (χ1v) is 8.99. The number of halogens is 1. The van der Waals surface area contributed by atoms with E-state index in [0.717, 1.165) is 37.8 Å². The average Bonchev–Trinajstić information content (AvgIpc) is 3.25. The lowest BCUT2D eigenvalue weighted by Gasteiger charge is -2.30. The highest BCUT2D eigenvalue weighted by Gasteiger charge is 2.24. The summed E-state index contributed by atoms with van der Waals surface area (Å²) in [7, 11) is 3.83. The third-order valence-corrected chi connectivity index (χ3v) is 4.54. The van der Waals surface area contributed by atoms with E-state index < -0.39 is 0 Å². The molecule has 1 aliphatic heterocycles. The van der Waals surface area contributed by atoms with Crippen LogP contribution < -0.4 is 5.32 Å². The highest BCUT2D eigenvalue weighted by molar-refractivity contribution is 14.0. The smallest absolute Gasteiger partial charge is 0.193 e. The molecular formula is C18H33IN4O2. The number of hydrogen-bond acceptors (Lipinski definition) is 4. The van der Waals surface area contributed by atoms with Crippen LogP contribution in [-0.2, 0) is 11.2 Å². The molecule has 1 saturated heterocycles. The molecule has 6 nitrogen and oxygen atoms in total. The quantitative estimate of drug-likeness (QED) is 0.264. The molecule has 1 aromatic heterocycles. The van der Waals surface area contributed by atoms with Crippen LogP contribution in [0.4, 0.5) is 0 Å². The van der Waals surface area contributed by atoms with Gasteiger partial charge in [-0.3, -0.25) is 9.89 Å². The van der Waals surface area contributed by atoms with Crippen LogP contribution in [0.25, 0.3) is 0 Å². The molecule has 0 spiro atoms. The third kappa shape index (κ3) is 7.53. The van der Waals surface area contributed by atoms with Gasteiger partial charge < -0.3 is 19.4 Å². The molecule has 0 radical (unpaired) electrons. The van der Waals surface area contributed by atoms with Crippen molar-refractivity contribution in [1.82, 2.24) is 15.1 Å². The highest BCUT2D eigenvalue weighted by Crippen LogP contribution is 2.17. The van der Waals surface area contributed by atoms with Crippen LogP contribution in [0.5, 0.6) is 0 Å². The fraction of sp³-hybridized carbons (Fsp3) is 0.722. The molecule has 25 heavy (non-hydrogen) atoms. The van der Waals surface area contributed by atoms with E-state index >= 15 is 0 Å². The molecule has 0 bridgehead atoms. The van der Waals surface area contributed by atoms with Crippen LogP contribution in [0.3, 0.4) is 0 Å². The number of furan rings is 1. The zero-order valence-electron chi connectivity index (χ0n) is 15.7. The maximum atomic E-state index is 5.39. The van der Waals surface area contributed by atoms with Crippen LogP contribution in [0.2, 0.25) is 0 Å².